The molecule has 0 saturated carbocycles. The van der Waals surface area contributed by atoms with Crippen molar-refractivity contribution < 1.29 is 19.3 Å². The Morgan fingerprint density at radius 3 is 2.40 bits per heavy atom. The molecular formula is C16H18O4. The Bertz CT molecular complexity index is 525. The number of aliphatic hydroxyl groups is 1. The SMILES string of the molecule is COCOc1ccc(CO)cc1OCc1ccccc1. The summed E-state index contributed by atoms with van der Waals surface area (Å²) in [7, 11) is 1.56. The molecule has 0 fully saturated rings. The molecule has 0 spiro atoms. The van der Waals surface area contributed by atoms with Crippen molar-refractivity contribution in [2.75, 3.05) is 13.9 Å². The first-order chi connectivity index (χ1) is 9.83. The van der Waals surface area contributed by atoms with Gasteiger partial charge in [-0.2, -0.15) is 0 Å². The van der Waals surface area contributed by atoms with Gasteiger partial charge in [0.1, 0.15) is 6.61 Å². The summed E-state index contributed by atoms with van der Waals surface area (Å²) in [5, 5.41) is 9.19. The number of benzene rings is 2. The van der Waals surface area contributed by atoms with Crippen molar-refractivity contribution >= 4 is 0 Å². The van der Waals surface area contributed by atoms with E-state index in [2.05, 4.69) is 0 Å². The van der Waals surface area contributed by atoms with Gasteiger partial charge in [0.05, 0.1) is 6.61 Å². The normalized spacial score (nSPS) is 10.3. The summed E-state index contributed by atoms with van der Waals surface area (Å²) in [5.41, 5.74) is 1.84. The summed E-state index contributed by atoms with van der Waals surface area (Å²) in [6.45, 7) is 0.561. The van der Waals surface area contributed by atoms with Gasteiger partial charge in [0.25, 0.3) is 0 Å². The lowest BCUT2D eigenvalue weighted by Crippen LogP contribution is -2.03. The molecule has 0 bridgehead atoms. The first kappa shape index (κ1) is 14.4. The molecule has 0 atom stereocenters. The molecule has 1 N–H and O–H groups in total. The third kappa shape index (κ3) is 3.98. The molecule has 0 aliphatic heterocycles. The molecule has 2 aromatic carbocycles. The van der Waals surface area contributed by atoms with Gasteiger partial charge >= 0.3 is 0 Å². The van der Waals surface area contributed by atoms with Crippen molar-refractivity contribution in [1.82, 2.24) is 0 Å². The number of aliphatic hydroxyl groups excluding tert-OH is 1. The molecule has 4 heteroatoms. The number of hydrogen-bond acceptors (Lipinski definition) is 4. The number of rotatable bonds is 7. The van der Waals surface area contributed by atoms with Gasteiger partial charge in [0.2, 0.25) is 0 Å². The van der Waals surface area contributed by atoms with Crippen LogP contribution in [0.1, 0.15) is 11.1 Å². The zero-order valence-electron chi connectivity index (χ0n) is 11.4. The molecule has 2 aromatic rings. The van der Waals surface area contributed by atoms with E-state index < -0.39 is 0 Å². The molecule has 0 radical (unpaired) electrons. The van der Waals surface area contributed by atoms with Crippen LogP contribution in [0.5, 0.6) is 11.5 Å². The van der Waals surface area contributed by atoms with Crippen molar-refractivity contribution in [3.63, 3.8) is 0 Å². The van der Waals surface area contributed by atoms with Gasteiger partial charge in [0, 0.05) is 7.11 Å². The third-order valence-electron chi connectivity index (χ3n) is 2.76. The van der Waals surface area contributed by atoms with Gasteiger partial charge in [-0.05, 0) is 23.3 Å². The van der Waals surface area contributed by atoms with Crippen LogP contribution in [0.15, 0.2) is 48.5 Å². The molecule has 0 amide bonds. The summed E-state index contributed by atoms with van der Waals surface area (Å²) >= 11 is 0. The van der Waals surface area contributed by atoms with Gasteiger partial charge in [0.15, 0.2) is 18.3 Å². The zero-order valence-corrected chi connectivity index (χ0v) is 11.4. The molecule has 0 aliphatic carbocycles. The summed E-state index contributed by atoms with van der Waals surface area (Å²) in [6, 6.07) is 15.2. The highest BCUT2D eigenvalue weighted by Crippen LogP contribution is 2.29. The Hall–Kier alpha value is -2.04. The number of hydrogen-bond donors (Lipinski definition) is 1. The maximum absolute atomic E-state index is 9.19. The number of ether oxygens (including phenoxy) is 3. The smallest absolute Gasteiger partial charge is 0.188 e. The van der Waals surface area contributed by atoms with Crippen LogP contribution in [-0.4, -0.2) is 19.0 Å². The van der Waals surface area contributed by atoms with Crippen molar-refractivity contribution in [3.05, 3.63) is 59.7 Å². The van der Waals surface area contributed by atoms with Crippen LogP contribution < -0.4 is 9.47 Å². The van der Waals surface area contributed by atoms with E-state index in [1.807, 2.05) is 30.3 Å². The minimum Gasteiger partial charge on any atom is -0.485 e. The zero-order chi connectivity index (χ0) is 14.2. The quantitative estimate of drug-likeness (QED) is 0.789. The second-order valence-corrected chi connectivity index (χ2v) is 4.26. The van der Waals surface area contributed by atoms with E-state index in [4.69, 9.17) is 14.2 Å². The van der Waals surface area contributed by atoms with Crippen molar-refractivity contribution in [3.8, 4) is 11.5 Å². The van der Waals surface area contributed by atoms with Crippen molar-refractivity contribution in [2.24, 2.45) is 0 Å². The molecule has 0 aliphatic rings. The molecular weight excluding hydrogens is 256 g/mol. The predicted molar refractivity (Wildman–Crippen MR) is 75.6 cm³/mol. The highest BCUT2D eigenvalue weighted by Gasteiger charge is 2.07. The summed E-state index contributed by atoms with van der Waals surface area (Å²) < 4.78 is 16.1. The molecule has 20 heavy (non-hydrogen) atoms. The van der Waals surface area contributed by atoms with E-state index in [9.17, 15) is 5.11 Å². The van der Waals surface area contributed by atoms with Crippen LogP contribution in [0, 0.1) is 0 Å². The van der Waals surface area contributed by atoms with Crippen LogP contribution >= 0.6 is 0 Å². The molecule has 2 rings (SSSR count). The van der Waals surface area contributed by atoms with Crippen LogP contribution in [0.2, 0.25) is 0 Å². The second-order valence-electron chi connectivity index (χ2n) is 4.26. The summed E-state index contributed by atoms with van der Waals surface area (Å²) in [6.07, 6.45) is 0. The fourth-order valence-electron chi connectivity index (χ4n) is 1.74. The van der Waals surface area contributed by atoms with Crippen LogP contribution in [-0.2, 0) is 18.0 Å². The van der Waals surface area contributed by atoms with Gasteiger partial charge < -0.3 is 19.3 Å². The highest BCUT2D eigenvalue weighted by molar-refractivity contribution is 5.43. The van der Waals surface area contributed by atoms with Crippen molar-refractivity contribution in [2.45, 2.75) is 13.2 Å². The van der Waals surface area contributed by atoms with E-state index in [0.29, 0.717) is 18.1 Å². The first-order valence-electron chi connectivity index (χ1n) is 6.35. The third-order valence-corrected chi connectivity index (χ3v) is 2.76. The maximum Gasteiger partial charge on any atom is 0.188 e. The second kappa shape index (κ2) is 7.53. The minimum absolute atomic E-state index is 0.0355. The van der Waals surface area contributed by atoms with E-state index >= 15 is 0 Å². The van der Waals surface area contributed by atoms with E-state index in [0.717, 1.165) is 11.1 Å². The van der Waals surface area contributed by atoms with Crippen LogP contribution in [0.4, 0.5) is 0 Å². The Kier molecular flexibility index (Phi) is 5.41. The Morgan fingerprint density at radius 1 is 0.900 bits per heavy atom. The molecule has 106 valence electrons. The standard InChI is InChI=1S/C16H18O4/c1-18-12-20-15-8-7-14(10-17)9-16(15)19-11-13-5-3-2-4-6-13/h2-9,17H,10-12H2,1H3. The highest BCUT2D eigenvalue weighted by atomic mass is 16.7. The lowest BCUT2D eigenvalue weighted by atomic mass is 10.2. The monoisotopic (exact) mass is 274 g/mol. The topological polar surface area (TPSA) is 47.9 Å². The molecule has 0 unspecified atom stereocenters. The molecule has 4 nitrogen and oxygen atoms in total. The number of methoxy groups -OCH3 is 1. The largest absolute Gasteiger partial charge is 0.485 e. The summed E-state index contributed by atoms with van der Waals surface area (Å²) in [5.74, 6) is 1.19. The molecule has 0 aromatic heterocycles. The lowest BCUT2D eigenvalue weighted by Gasteiger charge is -2.13. The summed E-state index contributed by atoms with van der Waals surface area (Å²) in [4.78, 5) is 0. The van der Waals surface area contributed by atoms with Gasteiger partial charge in [-0.25, -0.2) is 0 Å². The Morgan fingerprint density at radius 2 is 1.70 bits per heavy atom. The lowest BCUT2D eigenvalue weighted by molar-refractivity contribution is 0.0483. The van der Waals surface area contributed by atoms with E-state index in [1.54, 1.807) is 25.3 Å². The van der Waals surface area contributed by atoms with Gasteiger partial charge in [-0.15, -0.1) is 0 Å². The van der Waals surface area contributed by atoms with Crippen molar-refractivity contribution in [1.29, 1.82) is 0 Å². The fraction of sp³-hybridized carbons (Fsp3) is 0.250. The van der Waals surface area contributed by atoms with Crippen LogP contribution in [0.25, 0.3) is 0 Å². The van der Waals surface area contributed by atoms with Gasteiger partial charge in [-0.3, -0.25) is 0 Å². The average Bonchev–Trinajstić information content (AvgIpc) is 2.52. The minimum atomic E-state index is -0.0355. The van der Waals surface area contributed by atoms with Gasteiger partial charge in [-0.1, -0.05) is 36.4 Å². The van der Waals surface area contributed by atoms with Crippen LogP contribution in [0.3, 0.4) is 0 Å². The predicted octanol–water partition coefficient (Wildman–Crippen LogP) is 2.74. The molecule has 0 saturated heterocycles. The Balaban J connectivity index is 2.10. The van der Waals surface area contributed by atoms with E-state index in [1.165, 1.54) is 0 Å². The van der Waals surface area contributed by atoms with E-state index in [-0.39, 0.29) is 13.4 Å². The molecule has 0 heterocycles. The average molecular weight is 274 g/mol. The Labute approximate surface area is 118 Å². The fourth-order valence-corrected chi connectivity index (χ4v) is 1.74. The maximum atomic E-state index is 9.19. The first-order valence-corrected chi connectivity index (χ1v) is 6.35.